The number of nitrogens with two attached hydrogens (primary N) is 1. The molecule has 10 heteroatoms. The number of nitrogens with zero attached hydrogens (tertiary/aromatic N) is 3. The van der Waals surface area contributed by atoms with Gasteiger partial charge < -0.3 is 25.8 Å². The molecule has 2 aromatic rings. The van der Waals surface area contributed by atoms with Gasteiger partial charge in [-0.25, -0.2) is 9.97 Å². The molecule has 1 aliphatic heterocycles. The average Bonchev–Trinajstić information content (AvgIpc) is 2.88. The fourth-order valence-electron chi connectivity index (χ4n) is 2.41. The highest BCUT2D eigenvalue weighted by molar-refractivity contribution is 6.45. The number of nitrogen functional groups attached to an aromatic ring is 1. The van der Waals surface area contributed by atoms with Crippen molar-refractivity contribution in [1.82, 2.24) is 14.5 Å². The molecule has 0 spiro atoms. The summed E-state index contributed by atoms with van der Waals surface area (Å²) in [7, 11) is 0. The van der Waals surface area contributed by atoms with E-state index < -0.39 is 31.1 Å². The van der Waals surface area contributed by atoms with Crippen LogP contribution >= 0.6 is 23.2 Å². The molecule has 3 rings (SSSR count). The van der Waals surface area contributed by atoms with Gasteiger partial charge in [0.2, 0.25) is 0 Å². The monoisotopic (exact) mass is 334 g/mol. The number of aliphatic hydroxyl groups is 3. The Morgan fingerprint density at radius 1 is 1.29 bits per heavy atom. The van der Waals surface area contributed by atoms with Crippen molar-refractivity contribution in [2.24, 2.45) is 0 Å². The zero-order valence-corrected chi connectivity index (χ0v) is 12.0. The third-order valence-electron chi connectivity index (χ3n) is 3.47. The highest BCUT2D eigenvalue weighted by Crippen LogP contribution is 2.41. The van der Waals surface area contributed by atoms with E-state index >= 15 is 0 Å². The maximum absolute atomic E-state index is 10.1. The lowest BCUT2D eigenvalue weighted by atomic mass is 10.1. The second-order valence-corrected chi connectivity index (χ2v) is 5.40. The maximum atomic E-state index is 10.1. The van der Waals surface area contributed by atoms with Crippen molar-refractivity contribution in [3.05, 3.63) is 16.5 Å². The minimum Gasteiger partial charge on any atom is -0.394 e. The summed E-state index contributed by atoms with van der Waals surface area (Å²) in [5.74, 6) is 0.136. The molecule has 0 saturated carbocycles. The Hall–Kier alpha value is -1.16. The van der Waals surface area contributed by atoms with Crippen molar-refractivity contribution in [2.45, 2.75) is 24.5 Å². The molecule has 0 unspecified atom stereocenters. The standard InChI is InChI=1S/C11H12Cl2N4O4/c12-5-4-9(14)15-2-16-10(4)17(8(5)13)11-7(20)6(19)3(1-18)21-11/h2-3,6-7,11,18-20H,1H2,(H2,14,15,16)/t3-,6-,7-,11-/m1/s1. The zero-order valence-electron chi connectivity index (χ0n) is 10.5. The molecular formula is C11H12Cl2N4O4. The van der Waals surface area contributed by atoms with E-state index in [-0.39, 0.29) is 21.6 Å². The summed E-state index contributed by atoms with van der Waals surface area (Å²) in [5, 5.41) is 29.6. The molecule has 0 aliphatic carbocycles. The van der Waals surface area contributed by atoms with Crippen LogP contribution in [0.4, 0.5) is 5.82 Å². The van der Waals surface area contributed by atoms with Crippen LogP contribution in [-0.2, 0) is 4.74 Å². The van der Waals surface area contributed by atoms with Crippen molar-refractivity contribution in [3.63, 3.8) is 0 Å². The molecule has 0 aromatic carbocycles. The second-order valence-electron chi connectivity index (χ2n) is 4.66. The minimum atomic E-state index is -1.30. The smallest absolute Gasteiger partial charge is 0.165 e. The normalized spacial score (nSPS) is 29.4. The van der Waals surface area contributed by atoms with E-state index in [2.05, 4.69) is 9.97 Å². The van der Waals surface area contributed by atoms with Gasteiger partial charge in [0.25, 0.3) is 0 Å². The number of hydrogen-bond donors (Lipinski definition) is 4. The van der Waals surface area contributed by atoms with Crippen LogP contribution in [-0.4, -0.2) is 54.8 Å². The van der Waals surface area contributed by atoms with E-state index in [1.54, 1.807) is 0 Å². The van der Waals surface area contributed by atoms with Crippen LogP contribution in [0.1, 0.15) is 6.23 Å². The Morgan fingerprint density at radius 2 is 2.00 bits per heavy atom. The number of halogens is 2. The summed E-state index contributed by atoms with van der Waals surface area (Å²) in [6.45, 7) is -0.448. The van der Waals surface area contributed by atoms with Gasteiger partial charge in [-0.2, -0.15) is 0 Å². The summed E-state index contributed by atoms with van der Waals surface area (Å²) >= 11 is 12.3. The van der Waals surface area contributed by atoms with Gasteiger partial charge >= 0.3 is 0 Å². The van der Waals surface area contributed by atoms with Crippen molar-refractivity contribution in [1.29, 1.82) is 0 Å². The van der Waals surface area contributed by atoms with Gasteiger partial charge in [0, 0.05) is 0 Å². The third kappa shape index (κ3) is 2.07. The van der Waals surface area contributed by atoms with E-state index in [4.69, 9.17) is 38.8 Å². The van der Waals surface area contributed by atoms with E-state index in [0.29, 0.717) is 5.39 Å². The van der Waals surface area contributed by atoms with Crippen LogP contribution in [0.3, 0.4) is 0 Å². The quantitative estimate of drug-likeness (QED) is 0.605. The Bertz CT molecular complexity index is 694. The van der Waals surface area contributed by atoms with Gasteiger partial charge in [0.05, 0.1) is 17.0 Å². The molecule has 3 heterocycles. The zero-order chi connectivity index (χ0) is 15.3. The molecule has 1 fully saturated rings. The number of aliphatic hydroxyl groups excluding tert-OH is 3. The molecule has 2 aromatic heterocycles. The third-order valence-corrected chi connectivity index (χ3v) is 4.30. The van der Waals surface area contributed by atoms with E-state index in [1.165, 1.54) is 10.9 Å². The lowest BCUT2D eigenvalue weighted by Gasteiger charge is -2.18. The summed E-state index contributed by atoms with van der Waals surface area (Å²) in [6, 6.07) is 0. The summed E-state index contributed by atoms with van der Waals surface area (Å²) in [5.41, 5.74) is 6.02. The lowest BCUT2D eigenvalue weighted by Crippen LogP contribution is -2.33. The molecule has 114 valence electrons. The van der Waals surface area contributed by atoms with Crippen LogP contribution in [0.25, 0.3) is 11.0 Å². The van der Waals surface area contributed by atoms with Crippen molar-refractivity contribution in [3.8, 4) is 0 Å². The maximum Gasteiger partial charge on any atom is 0.165 e. The molecule has 8 nitrogen and oxygen atoms in total. The van der Waals surface area contributed by atoms with Crippen molar-refractivity contribution in [2.75, 3.05) is 12.3 Å². The Labute approximate surface area is 128 Å². The molecule has 5 N–H and O–H groups in total. The van der Waals surface area contributed by atoms with Crippen molar-refractivity contribution < 1.29 is 20.1 Å². The molecular weight excluding hydrogens is 323 g/mol. The Kier molecular flexibility index (Phi) is 3.68. The molecule has 0 radical (unpaired) electrons. The Morgan fingerprint density at radius 3 is 2.62 bits per heavy atom. The number of aromatic nitrogens is 3. The fourth-order valence-corrected chi connectivity index (χ4v) is 2.95. The first-order chi connectivity index (χ1) is 9.97. The first-order valence-corrected chi connectivity index (χ1v) is 6.80. The molecule has 21 heavy (non-hydrogen) atoms. The minimum absolute atomic E-state index is 0.0497. The van der Waals surface area contributed by atoms with E-state index in [0.717, 1.165) is 0 Å². The van der Waals surface area contributed by atoms with Crippen molar-refractivity contribution >= 4 is 40.1 Å². The summed E-state index contributed by atoms with van der Waals surface area (Å²) < 4.78 is 6.75. The Balaban J connectivity index is 2.18. The second kappa shape index (κ2) is 5.24. The number of ether oxygens (including phenoxy) is 1. The van der Waals surface area contributed by atoms with Gasteiger partial charge in [0.15, 0.2) is 6.23 Å². The highest BCUT2D eigenvalue weighted by Gasteiger charge is 2.45. The van der Waals surface area contributed by atoms with Crippen LogP contribution in [0.15, 0.2) is 6.33 Å². The first kappa shape index (κ1) is 14.8. The SMILES string of the molecule is Nc1ncnc2c1c(Cl)c(Cl)n2[C@@H]1O[C@H](CO)[C@@H](O)[C@H]1O. The van der Waals surface area contributed by atoms with Gasteiger partial charge in [-0.1, -0.05) is 23.2 Å². The van der Waals surface area contributed by atoms with Gasteiger partial charge in [0.1, 0.15) is 41.3 Å². The molecule has 0 amide bonds. The molecule has 4 atom stereocenters. The topological polar surface area (TPSA) is 127 Å². The summed E-state index contributed by atoms with van der Waals surface area (Å²) in [4.78, 5) is 7.88. The largest absolute Gasteiger partial charge is 0.394 e. The van der Waals surface area contributed by atoms with Gasteiger partial charge in [-0.15, -0.1) is 0 Å². The lowest BCUT2D eigenvalue weighted by molar-refractivity contribution is -0.0507. The predicted molar refractivity (Wildman–Crippen MR) is 75.0 cm³/mol. The van der Waals surface area contributed by atoms with E-state index in [1.807, 2.05) is 0 Å². The van der Waals surface area contributed by atoms with Crippen LogP contribution in [0.5, 0.6) is 0 Å². The number of anilines is 1. The predicted octanol–water partition coefficient (Wildman–Crippen LogP) is -0.0682. The summed E-state index contributed by atoms with van der Waals surface area (Å²) in [6.07, 6.45) is -3.32. The number of fused-ring (bicyclic) bond motifs is 1. The van der Waals surface area contributed by atoms with Gasteiger partial charge in [-0.05, 0) is 0 Å². The number of rotatable bonds is 2. The van der Waals surface area contributed by atoms with E-state index in [9.17, 15) is 10.2 Å². The molecule has 1 saturated heterocycles. The van der Waals surface area contributed by atoms with Gasteiger partial charge in [-0.3, -0.25) is 4.57 Å². The number of hydrogen-bond acceptors (Lipinski definition) is 7. The highest BCUT2D eigenvalue weighted by atomic mass is 35.5. The van der Waals surface area contributed by atoms with Crippen LogP contribution in [0, 0.1) is 0 Å². The average molecular weight is 335 g/mol. The molecule has 1 aliphatic rings. The molecule has 0 bridgehead atoms. The fraction of sp³-hybridized carbons (Fsp3) is 0.455. The van der Waals surface area contributed by atoms with Crippen LogP contribution < -0.4 is 5.73 Å². The first-order valence-electron chi connectivity index (χ1n) is 6.05. The van der Waals surface area contributed by atoms with Crippen LogP contribution in [0.2, 0.25) is 10.2 Å².